The van der Waals surface area contributed by atoms with E-state index in [0.29, 0.717) is 23.8 Å². The zero-order chi connectivity index (χ0) is 16.9. The highest BCUT2D eigenvalue weighted by atomic mass is 16.5. The Morgan fingerprint density at radius 3 is 2.71 bits per heavy atom. The largest absolute Gasteiger partial charge is 0.482 e. The smallest absolute Gasteiger partial charge is 0.262 e. The predicted molar refractivity (Wildman–Crippen MR) is 89.3 cm³/mol. The van der Waals surface area contributed by atoms with Gasteiger partial charge in [-0.2, -0.15) is 0 Å². The number of nitrogens with zero attached hydrogens (tertiary/aromatic N) is 2. The molecule has 1 unspecified atom stereocenters. The number of hydrogen-bond donors (Lipinski definition) is 0. The maximum absolute atomic E-state index is 6.13. The summed E-state index contributed by atoms with van der Waals surface area (Å²) in [5, 5.41) is 8.73. The van der Waals surface area contributed by atoms with Crippen LogP contribution in [0.5, 0.6) is 11.6 Å². The summed E-state index contributed by atoms with van der Waals surface area (Å²) < 4.78 is 22.3. The van der Waals surface area contributed by atoms with E-state index in [4.69, 9.17) is 18.5 Å². The molecule has 3 rings (SSSR count). The first kappa shape index (κ1) is 16.4. The number of aromatic nitrogens is 2. The molecule has 0 aliphatic carbocycles. The zero-order valence-corrected chi connectivity index (χ0v) is 14.2. The van der Waals surface area contributed by atoms with Gasteiger partial charge < -0.3 is 18.5 Å². The van der Waals surface area contributed by atoms with Gasteiger partial charge in [0, 0.05) is 12.1 Å². The lowest BCUT2D eigenvalue weighted by Gasteiger charge is -2.16. The minimum Gasteiger partial charge on any atom is -0.482 e. The monoisotopic (exact) mass is 330 g/mol. The first-order valence-corrected chi connectivity index (χ1v) is 8.33. The van der Waals surface area contributed by atoms with Gasteiger partial charge in [0.25, 0.3) is 5.88 Å². The number of rotatable bonds is 8. The van der Waals surface area contributed by atoms with E-state index in [-0.39, 0.29) is 6.10 Å². The van der Waals surface area contributed by atoms with Crippen LogP contribution in [0.4, 0.5) is 0 Å². The average molecular weight is 330 g/mol. The van der Waals surface area contributed by atoms with Crippen molar-refractivity contribution >= 4 is 11.0 Å². The van der Waals surface area contributed by atoms with Crippen LogP contribution in [0.3, 0.4) is 0 Å². The van der Waals surface area contributed by atoms with E-state index in [2.05, 4.69) is 17.2 Å². The lowest BCUT2D eigenvalue weighted by Crippen LogP contribution is -2.06. The van der Waals surface area contributed by atoms with Crippen LogP contribution >= 0.6 is 0 Å². The minimum atomic E-state index is -0.169. The molecule has 0 fully saturated rings. The summed E-state index contributed by atoms with van der Waals surface area (Å²) in [6.45, 7) is 6.51. The van der Waals surface area contributed by atoms with Crippen LogP contribution in [-0.2, 0) is 0 Å². The van der Waals surface area contributed by atoms with E-state index in [1.54, 1.807) is 0 Å². The maximum Gasteiger partial charge on any atom is 0.262 e. The number of benzene rings is 1. The lowest BCUT2D eigenvalue weighted by molar-refractivity contribution is 0.152. The molecule has 128 valence electrons. The molecule has 2 aromatic heterocycles. The Hall–Kier alpha value is -2.50. The number of ether oxygens (including phenoxy) is 2. The highest BCUT2D eigenvalue weighted by molar-refractivity contribution is 5.83. The molecule has 6 heteroatoms. The lowest BCUT2D eigenvalue weighted by atomic mass is 10.1. The zero-order valence-electron chi connectivity index (χ0n) is 14.2. The molecule has 1 atom stereocenters. The van der Waals surface area contributed by atoms with Crippen LogP contribution in [0, 0.1) is 6.92 Å². The fraction of sp³-hybridized carbons (Fsp3) is 0.444. The van der Waals surface area contributed by atoms with Crippen molar-refractivity contribution < 1.29 is 18.5 Å². The van der Waals surface area contributed by atoms with Gasteiger partial charge in [-0.1, -0.05) is 18.5 Å². The van der Waals surface area contributed by atoms with Crippen molar-refractivity contribution in [3.63, 3.8) is 0 Å². The Morgan fingerprint density at radius 2 is 2.00 bits per heavy atom. The fourth-order valence-electron chi connectivity index (χ4n) is 2.56. The summed E-state index contributed by atoms with van der Waals surface area (Å²) in [5.74, 6) is 1.96. The highest BCUT2D eigenvalue weighted by Crippen LogP contribution is 2.32. The fourth-order valence-corrected chi connectivity index (χ4v) is 2.56. The first-order valence-electron chi connectivity index (χ1n) is 8.33. The van der Waals surface area contributed by atoms with Gasteiger partial charge in [0.1, 0.15) is 5.75 Å². The number of unbranched alkanes of at least 4 members (excludes halogenated alkanes) is 1. The predicted octanol–water partition coefficient (Wildman–Crippen LogP) is 4.83. The maximum atomic E-state index is 6.13. The van der Waals surface area contributed by atoms with Crippen molar-refractivity contribution in [3.05, 3.63) is 35.7 Å². The third-order valence-corrected chi connectivity index (χ3v) is 3.75. The van der Waals surface area contributed by atoms with E-state index in [9.17, 15) is 0 Å². The Morgan fingerprint density at radius 1 is 1.12 bits per heavy atom. The molecule has 0 saturated carbocycles. The third-order valence-electron chi connectivity index (χ3n) is 3.75. The van der Waals surface area contributed by atoms with Crippen LogP contribution in [0.1, 0.15) is 50.7 Å². The van der Waals surface area contributed by atoms with Crippen molar-refractivity contribution in [3.8, 4) is 11.6 Å². The molecule has 0 radical (unpaired) electrons. The molecule has 2 heterocycles. The Kier molecular flexibility index (Phi) is 5.03. The normalized spacial score (nSPS) is 12.5. The third kappa shape index (κ3) is 3.53. The second kappa shape index (κ2) is 7.38. The molecule has 6 nitrogen and oxygen atoms in total. The van der Waals surface area contributed by atoms with Crippen molar-refractivity contribution in [2.75, 3.05) is 6.61 Å². The molecule has 1 aromatic carbocycles. The van der Waals surface area contributed by atoms with E-state index < -0.39 is 0 Å². The van der Waals surface area contributed by atoms with Gasteiger partial charge in [-0.25, -0.2) is 0 Å². The molecule has 0 bridgehead atoms. The molecule has 24 heavy (non-hydrogen) atoms. The topological polar surface area (TPSA) is 70.5 Å². The van der Waals surface area contributed by atoms with E-state index in [0.717, 1.165) is 36.1 Å². The molecule has 0 spiro atoms. The van der Waals surface area contributed by atoms with Crippen LogP contribution in [0.25, 0.3) is 11.0 Å². The van der Waals surface area contributed by atoms with Gasteiger partial charge in [-0.3, -0.25) is 0 Å². The summed E-state index contributed by atoms with van der Waals surface area (Å²) in [7, 11) is 0. The molecule has 0 amide bonds. The minimum absolute atomic E-state index is 0.169. The second-order valence-corrected chi connectivity index (χ2v) is 5.70. The van der Waals surface area contributed by atoms with Gasteiger partial charge in [-0.05, 0) is 44.0 Å². The van der Waals surface area contributed by atoms with Crippen LogP contribution in [0.2, 0.25) is 0 Å². The first-order chi connectivity index (χ1) is 11.7. The van der Waals surface area contributed by atoms with Gasteiger partial charge in [0.15, 0.2) is 17.4 Å². The summed E-state index contributed by atoms with van der Waals surface area (Å²) >= 11 is 0. The second-order valence-electron chi connectivity index (χ2n) is 5.70. The van der Waals surface area contributed by atoms with Gasteiger partial charge >= 0.3 is 0 Å². The van der Waals surface area contributed by atoms with Crippen molar-refractivity contribution in [2.24, 2.45) is 0 Å². The highest BCUT2D eigenvalue weighted by Gasteiger charge is 2.19. The number of hydrogen-bond acceptors (Lipinski definition) is 6. The van der Waals surface area contributed by atoms with Crippen LogP contribution in [-0.4, -0.2) is 16.9 Å². The van der Waals surface area contributed by atoms with Crippen molar-refractivity contribution in [2.45, 2.75) is 46.1 Å². The standard InChI is InChI=1S/C18H22N2O4/c1-4-6-7-15(17-10-12(3)19-24-17)22-13-8-9-14-16(11-13)23-20-18(14)21-5-2/h8-11,15H,4-7H2,1-3H3. The Labute approximate surface area is 140 Å². The van der Waals surface area contributed by atoms with E-state index in [1.165, 1.54) is 0 Å². The van der Waals surface area contributed by atoms with Crippen molar-refractivity contribution in [1.82, 2.24) is 10.3 Å². The van der Waals surface area contributed by atoms with Crippen LogP contribution < -0.4 is 9.47 Å². The molecule has 0 N–H and O–H groups in total. The summed E-state index contributed by atoms with van der Waals surface area (Å²) in [5.41, 5.74) is 1.49. The summed E-state index contributed by atoms with van der Waals surface area (Å²) in [4.78, 5) is 0. The molecule has 0 saturated heterocycles. The number of fused-ring (bicyclic) bond motifs is 1. The molecule has 0 aliphatic rings. The van der Waals surface area contributed by atoms with E-state index in [1.807, 2.05) is 38.1 Å². The molecule has 0 aliphatic heterocycles. The molecular weight excluding hydrogens is 308 g/mol. The molecular formula is C18H22N2O4. The Bertz CT molecular complexity index is 793. The molecule has 3 aromatic rings. The van der Waals surface area contributed by atoms with Gasteiger partial charge in [-0.15, -0.1) is 0 Å². The average Bonchev–Trinajstić information content (AvgIpc) is 3.18. The van der Waals surface area contributed by atoms with Gasteiger partial charge in [0.05, 0.1) is 17.7 Å². The van der Waals surface area contributed by atoms with Crippen molar-refractivity contribution in [1.29, 1.82) is 0 Å². The van der Waals surface area contributed by atoms with Crippen LogP contribution in [0.15, 0.2) is 33.3 Å². The number of aryl methyl sites for hydroxylation is 1. The van der Waals surface area contributed by atoms with E-state index >= 15 is 0 Å². The quantitative estimate of drug-likeness (QED) is 0.589. The Balaban J connectivity index is 1.82. The van der Waals surface area contributed by atoms with Gasteiger partial charge in [0.2, 0.25) is 0 Å². The SMILES string of the molecule is CCCCC(Oc1ccc2c(OCC)noc2c1)c1cc(C)no1. The summed E-state index contributed by atoms with van der Waals surface area (Å²) in [6, 6.07) is 7.53. The summed E-state index contributed by atoms with van der Waals surface area (Å²) in [6.07, 6.45) is 2.83.